The van der Waals surface area contributed by atoms with E-state index in [0.29, 0.717) is 34.3 Å². The highest BCUT2D eigenvalue weighted by Crippen LogP contribution is 2.37. The molecule has 1 aliphatic rings. The van der Waals surface area contributed by atoms with Gasteiger partial charge in [-0.2, -0.15) is 5.10 Å². The Kier molecular flexibility index (Phi) is 6.22. The standard InChI is InChI=1S/C22H25N7O4/c1-28-12-24-20(27-28)14-6-5-7-16(19(14)32-3)25-17-10-18(26-21(30)13-8-9-13)23-11-15(17)22(31)29(2)33-4/h5-7,10-13H,8-9H2,1-4H3,(H2,23,25,26,30). The second-order valence-electron chi connectivity index (χ2n) is 7.62. The van der Waals surface area contributed by atoms with Crippen molar-refractivity contribution in [1.82, 2.24) is 24.8 Å². The summed E-state index contributed by atoms with van der Waals surface area (Å²) in [5.74, 6) is 0.874. The summed E-state index contributed by atoms with van der Waals surface area (Å²) >= 11 is 0. The van der Waals surface area contributed by atoms with Gasteiger partial charge < -0.3 is 15.4 Å². The molecule has 0 spiro atoms. The molecule has 3 aromatic rings. The highest BCUT2D eigenvalue weighted by molar-refractivity contribution is 6.01. The molecule has 172 valence electrons. The quantitative estimate of drug-likeness (QED) is 0.501. The van der Waals surface area contributed by atoms with E-state index in [1.165, 1.54) is 20.4 Å². The Morgan fingerprint density at radius 3 is 2.61 bits per heavy atom. The summed E-state index contributed by atoms with van der Waals surface area (Å²) in [7, 11) is 6.23. The van der Waals surface area contributed by atoms with Crippen LogP contribution in [-0.2, 0) is 16.7 Å². The lowest BCUT2D eigenvalue weighted by Crippen LogP contribution is -2.26. The topological polar surface area (TPSA) is 123 Å². The first-order valence-corrected chi connectivity index (χ1v) is 10.3. The van der Waals surface area contributed by atoms with Crippen LogP contribution in [0.15, 0.2) is 36.8 Å². The average Bonchev–Trinajstić information content (AvgIpc) is 3.59. The van der Waals surface area contributed by atoms with Gasteiger partial charge in [0.2, 0.25) is 5.91 Å². The maximum absolute atomic E-state index is 12.9. The number of aryl methyl sites for hydroxylation is 1. The minimum atomic E-state index is -0.408. The molecule has 4 rings (SSSR count). The van der Waals surface area contributed by atoms with Crippen LogP contribution < -0.4 is 15.4 Å². The first-order valence-electron chi connectivity index (χ1n) is 10.3. The molecule has 0 aliphatic heterocycles. The molecule has 1 aromatic carbocycles. The molecule has 2 aromatic heterocycles. The van der Waals surface area contributed by atoms with Crippen molar-refractivity contribution in [1.29, 1.82) is 0 Å². The van der Waals surface area contributed by atoms with Gasteiger partial charge in [-0.05, 0) is 25.0 Å². The van der Waals surface area contributed by atoms with Crippen LogP contribution in [-0.4, -0.2) is 57.9 Å². The summed E-state index contributed by atoms with van der Waals surface area (Å²) in [4.78, 5) is 38.7. The number of carbonyl (C=O) groups excluding carboxylic acids is 2. The first kappa shape index (κ1) is 22.2. The van der Waals surface area contributed by atoms with Gasteiger partial charge in [-0.1, -0.05) is 6.07 Å². The number of rotatable bonds is 8. The van der Waals surface area contributed by atoms with Crippen LogP contribution in [0.5, 0.6) is 5.75 Å². The summed E-state index contributed by atoms with van der Waals surface area (Å²) in [5.41, 5.74) is 1.95. The zero-order valence-electron chi connectivity index (χ0n) is 18.8. The number of amides is 2. The normalized spacial score (nSPS) is 12.8. The third-order valence-corrected chi connectivity index (χ3v) is 5.22. The lowest BCUT2D eigenvalue weighted by molar-refractivity contribution is -0.117. The number of pyridine rings is 1. The predicted octanol–water partition coefficient (Wildman–Crippen LogP) is 2.61. The molecule has 2 amide bonds. The molecular weight excluding hydrogens is 426 g/mol. The van der Waals surface area contributed by atoms with Crippen LogP contribution in [0.2, 0.25) is 0 Å². The first-order chi connectivity index (χ1) is 15.9. The van der Waals surface area contributed by atoms with Gasteiger partial charge in [-0.3, -0.25) is 19.1 Å². The van der Waals surface area contributed by atoms with Gasteiger partial charge in [0.25, 0.3) is 5.91 Å². The smallest absolute Gasteiger partial charge is 0.280 e. The summed E-state index contributed by atoms with van der Waals surface area (Å²) in [6.07, 6.45) is 4.75. The highest BCUT2D eigenvalue weighted by Gasteiger charge is 2.30. The van der Waals surface area contributed by atoms with E-state index < -0.39 is 5.91 Å². The van der Waals surface area contributed by atoms with Crippen LogP contribution >= 0.6 is 0 Å². The Hall–Kier alpha value is -3.99. The molecule has 0 unspecified atom stereocenters. The molecule has 0 bridgehead atoms. The number of benzene rings is 1. The molecule has 33 heavy (non-hydrogen) atoms. The molecule has 1 fully saturated rings. The molecule has 0 saturated heterocycles. The van der Waals surface area contributed by atoms with E-state index in [1.807, 2.05) is 18.2 Å². The predicted molar refractivity (Wildman–Crippen MR) is 121 cm³/mol. The van der Waals surface area contributed by atoms with Crippen LogP contribution in [0.25, 0.3) is 11.4 Å². The third kappa shape index (κ3) is 4.77. The number of nitrogens with zero attached hydrogens (tertiary/aromatic N) is 5. The van der Waals surface area contributed by atoms with E-state index in [-0.39, 0.29) is 17.4 Å². The van der Waals surface area contributed by atoms with Gasteiger partial charge in [-0.25, -0.2) is 15.0 Å². The fraction of sp³-hybridized carbons (Fsp3) is 0.318. The van der Waals surface area contributed by atoms with Crippen molar-refractivity contribution < 1.29 is 19.2 Å². The molecule has 1 saturated carbocycles. The van der Waals surface area contributed by atoms with E-state index in [0.717, 1.165) is 17.9 Å². The molecule has 1 aliphatic carbocycles. The number of aromatic nitrogens is 4. The minimum Gasteiger partial charge on any atom is -0.494 e. The lowest BCUT2D eigenvalue weighted by atomic mass is 10.1. The minimum absolute atomic E-state index is 0.0202. The maximum atomic E-state index is 12.9. The number of hydrogen-bond acceptors (Lipinski definition) is 8. The molecular formula is C22H25N7O4. The number of para-hydroxylation sites is 1. The number of carbonyl (C=O) groups is 2. The van der Waals surface area contributed by atoms with Crippen molar-refractivity contribution >= 4 is 29.0 Å². The van der Waals surface area contributed by atoms with Gasteiger partial charge in [0.05, 0.1) is 36.7 Å². The zero-order chi connectivity index (χ0) is 23.5. The van der Waals surface area contributed by atoms with Crippen LogP contribution in [0.4, 0.5) is 17.2 Å². The SMILES string of the molecule is COc1c(Nc2cc(NC(=O)C3CC3)ncc2C(=O)N(C)OC)cccc1-c1ncn(C)n1. The third-order valence-electron chi connectivity index (χ3n) is 5.22. The largest absolute Gasteiger partial charge is 0.494 e. The van der Waals surface area contributed by atoms with Gasteiger partial charge >= 0.3 is 0 Å². The van der Waals surface area contributed by atoms with Crippen molar-refractivity contribution in [3.8, 4) is 17.1 Å². The van der Waals surface area contributed by atoms with Gasteiger partial charge in [0, 0.05) is 32.3 Å². The monoisotopic (exact) mass is 451 g/mol. The fourth-order valence-electron chi connectivity index (χ4n) is 3.26. The van der Waals surface area contributed by atoms with E-state index in [2.05, 4.69) is 25.7 Å². The van der Waals surface area contributed by atoms with Gasteiger partial charge in [0.15, 0.2) is 11.6 Å². The van der Waals surface area contributed by atoms with Crippen LogP contribution in [0.3, 0.4) is 0 Å². The van der Waals surface area contributed by atoms with Crippen LogP contribution in [0.1, 0.15) is 23.2 Å². The van der Waals surface area contributed by atoms with E-state index in [9.17, 15) is 9.59 Å². The Labute approximate surface area is 190 Å². The Bertz CT molecular complexity index is 1190. The van der Waals surface area contributed by atoms with Crippen LogP contribution in [0, 0.1) is 5.92 Å². The molecule has 2 N–H and O–H groups in total. The highest BCUT2D eigenvalue weighted by atomic mass is 16.7. The average molecular weight is 451 g/mol. The van der Waals surface area contributed by atoms with Gasteiger partial charge in [0.1, 0.15) is 12.1 Å². The van der Waals surface area contributed by atoms with E-state index in [4.69, 9.17) is 9.57 Å². The lowest BCUT2D eigenvalue weighted by Gasteiger charge is -2.19. The molecule has 0 atom stereocenters. The summed E-state index contributed by atoms with van der Waals surface area (Å²) in [5, 5.41) is 11.5. The summed E-state index contributed by atoms with van der Waals surface area (Å²) in [6, 6.07) is 7.10. The number of ether oxygens (including phenoxy) is 1. The van der Waals surface area contributed by atoms with Crippen molar-refractivity contribution in [2.24, 2.45) is 13.0 Å². The fourth-order valence-corrected chi connectivity index (χ4v) is 3.26. The van der Waals surface area contributed by atoms with Gasteiger partial charge in [-0.15, -0.1) is 0 Å². The van der Waals surface area contributed by atoms with Crippen molar-refractivity contribution in [2.45, 2.75) is 12.8 Å². The van der Waals surface area contributed by atoms with Crippen molar-refractivity contribution in [2.75, 3.05) is 31.9 Å². The number of anilines is 3. The second-order valence-corrected chi connectivity index (χ2v) is 7.62. The number of hydroxylamine groups is 2. The Morgan fingerprint density at radius 2 is 1.97 bits per heavy atom. The van der Waals surface area contributed by atoms with E-state index in [1.54, 1.807) is 31.2 Å². The second kappa shape index (κ2) is 9.25. The molecule has 11 heteroatoms. The zero-order valence-corrected chi connectivity index (χ0v) is 18.8. The van der Waals surface area contributed by atoms with Crippen molar-refractivity contribution in [3.05, 3.63) is 42.4 Å². The van der Waals surface area contributed by atoms with E-state index >= 15 is 0 Å². The molecule has 0 radical (unpaired) electrons. The van der Waals surface area contributed by atoms with Crippen molar-refractivity contribution in [3.63, 3.8) is 0 Å². The molecule has 2 heterocycles. The maximum Gasteiger partial charge on any atom is 0.280 e. The number of nitrogens with one attached hydrogen (secondary N) is 2. The summed E-state index contributed by atoms with van der Waals surface area (Å²) < 4.78 is 7.26. The number of methoxy groups -OCH3 is 1. The molecule has 11 nitrogen and oxygen atoms in total. The number of hydrogen-bond donors (Lipinski definition) is 2. The summed E-state index contributed by atoms with van der Waals surface area (Å²) in [6.45, 7) is 0. The Balaban J connectivity index is 1.73. The Morgan fingerprint density at radius 1 is 1.18 bits per heavy atom.